The lowest BCUT2D eigenvalue weighted by Crippen LogP contribution is -2.51. The summed E-state index contributed by atoms with van der Waals surface area (Å²) in [5.74, 6) is 1.47. The van der Waals surface area contributed by atoms with E-state index < -0.39 is 17.1 Å². The molecule has 1 aliphatic carbocycles. The van der Waals surface area contributed by atoms with Crippen molar-refractivity contribution in [3.05, 3.63) is 53.2 Å². The van der Waals surface area contributed by atoms with Crippen LogP contribution >= 0.6 is 0 Å². The normalized spacial score (nSPS) is 22.3. The number of hydrogen-bond acceptors (Lipinski definition) is 7. The number of pyridine rings is 1. The number of aromatic nitrogens is 1. The summed E-state index contributed by atoms with van der Waals surface area (Å²) in [4.78, 5) is 4.46. The summed E-state index contributed by atoms with van der Waals surface area (Å²) in [6.45, 7) is 1.24. The lowest BCUT2D eigenvalue weighted by atomic mass is 9.67. The maximum Gasteiger partial charge on any atom is 0.465 e. The molecule has 0 atom stereocenters. The summed E-state index contributed by atoms with van der Waals surface area (Å²) >= 11 is 0. The van der Waals surface area contributed by atoms with E-state index in [2.05, 4.69) is 20.7 Å². The molecule has 174 valence electrons. The van der Waals surface area contributed by atoms with Crippen LogP contribution in [-0.4, -0.2) is 54.8 Å². The van der Waals surface area contributed by atoms with Crippen LogP contribution in [0.2, 0.25) is 0 Å². The number of anilines is 1. The van der Waals surface area contributed by atoms with Crippen molar-refractivity contribution in [1.29, 1.82) is 0 Å². The molecule has 3 aliphatic rings. The minimum absolute atomic E-state index is 0.150. The highest BCUT2D eigenvalue weighted by molar-refractivity contribution is 7.89. The lowest BCUT2D eigenvalue weighted by Gasteiger charge is -2.33. The summed E-state index contributed by atoms with van der Waals surface area (Å²) in [6.07, 6.45) is 6.10. The van der Waals surface area contributed by atoms with E-state index in [-0.39, 0.29) is 17.6 Å². The predicted octanol–water partition coefficient (Wildman–Crippen LogP) is 1.31. The van der Waals surface area contributed by atoms with Crippen LogP contribution < -0.4 is 16.1 Å². The van der Waals surface area contributed by atoms with Gasteiger partial charge in [-0.2, -0.15) is 5.10 Å². The molecule has 8 nitrogen and oxygen atoms in total. The Hall–Kier alpha value is -2.43. The third-order valence-electron chi connectivity index (χ3n) is 7.14. The standard InChI is InChI=1S/C23H30BN5O3S/c1-29(14-16-5-3-2-4-6-16)33(31,32)15-17-7-9-18(10-8-17)22-21-19-11-12-25-23(19)26-13-20(21)24(30)28-27-22/h2-6,13,17-18,28,30H,7-12,14-15H2,1H3,(H,25,26). The number of fused-ring (bicyclic) bond motifs is 3. The predicted molar refractivity (Wildman–Crippen MR) is 131 cm³/mol. The second kappa shape index (κ2) is 9.08. The molecule has 1 fully saturated rings. The van der Waals surface area contributed by atoms with E-state index in [0.717, 1.165) is 72.3 Å². The summed E-state index contributed by atoms with van der Waals surface area (Å²) in [6, 6.07) is 9.69. The van der Waals surface area contributed by atoms with Crippen molar-refractivity contribution < 1.29 is 13.4 Å². The number of nitrogens with one attached hydrogen (secondary N) is 2. The average Bonchev–Trinajstić information content (AvgIpc) is 3.30. The lowest BCUT2D eigenvalue weighted by molar-refractivity contribution is 0.338. The van der Waals surface area contributed by atoms with E-state index >= 15 is 0 Å². The molecular formula is C23H30BN5O3S. The zero-order chi connectivity index (χ0) is 23.0. The van der Waals surface area contributed by atoms with Gasteiger partial charge in [0, 0.05) is 48.8 Å². The molecule has 10 heteroatoms. The van der Waals surface area contributed by atoms with Crippen molar-refractivity contribution in [2.45, 2.75) is 38.6 Å². The van der Waals surface area contributed by atoms with Crippen LogP contribution in [0.3, 0.4) is 0 Å². The third kappa shape index (κ3) is 4.51. The van der Waals surface area contributed by atoms with Crippen LogP contribution in [0.1, 0.15) is 42.4 Å². The maximum atomic E-state index is 13.0. The molecule has 1 aromatic carbocycles. The van der Waals surface area contributed by atoms with E-state index in [1.54, 1.807) is 13.2 Å². The fraction of sp³-hybridized carbons (Fsp3) is 0.478. The maximum absolute atomic E-state index is 13.0. The molecule has 1 saturated carbocycles. The van der Waals surface area contributed by atoms with Gasteiger partial charge in [0.25, 0.3) is 0 Å². The zero-order valence-corrected chi connectivity index (χ0v) is 19.7. The van der Waals surface area contributed by atoms with Crippen molar-refractivity contribution in [1.82, 2.24) is 14.6 Å². The van der Waals surface area contributed by atoms with Crippen LogP contribution in [-0.2, 0) is 23.0 Å². The molecule has 0 radical (unpaired) electrons. The molecule has 3 heterocycles. The highest BCUT2D eigenvalue weighted by atomic mass is 32.2. The Bertz CT molecular complexity index is 1150. The van der Waals surface area contributed by atoms with Gasteiger partial charge in [-0.3, -0.25) is 0 Å². The quantitative estimate of drug-likeness (QED) is 0.554. The molecule has 0 bridgehead atoms. The molecule has 0 amide bonds. The summed E-state index contributed by atoms with van der Waals surface area (Å²) in [5, 5.41) is 21.1. The summed E-state index contributed by atoms with van der Waals surface area (Å²) in [5.41, 5.74) is 4.94. The van der Waals surface area contributed by atoms with Crippen LogP contribution in [0, 0.1) is 11.8 Å². The van der Waals surface area contributed by atoms with Crippen molar-refractivity contribution in [3.8, 4) is 0 Å². The van der Waals surface area contributed by atoms with E-state index in [0.29, 0.717) is 6.54 Å². The fourth-order valence-corrected chi connectivity index (χ4v) is 6.83. The van der Waals surface area contributed by atoms with E-state index in [9.17, 15) is 13.4 Å². The molecular weight excluding hydrogens is 437 g/mol. The Morgan fingerprint density at radius 3 is 2.70 bits per heavy atom. The average molecular weight is 467 g/mol. The molecule has 0 saturated heterocycles. The molecule has 0 spiro atoms. The highest BCUT2D eigenvalue weighted by Gasteiger charge is 2.37. The molecule has 5 rings (SSSR count). The van der Waals surface area contributed by atoms with Crippen molar-refractivity contribution in [3.63, 3.8) is 0 Å². The number of rotatable bonds is 6. The first-order valence-electron chi connectivity index (χ1n) is 11.7. The number of nitrogens with zero attached hydrogens (tertiary/aromatic N) is 3. The smallest absolute Gasteiger partial charge is 0.428 e. The van der Waals surface area contributed by atoms with E-state index in [1.807, 2.05) is 30.3 Å². The second-order valence-electron chi connectivity index (χ2n) is 9.36. The third-order valence-corrected chi connectivity index (χ3v) is 9.11. The van der Waals surface area contributed by atoms with Crippen molar-refractivity contribution in [2.24, 2.45) is 16.9 Å². The Morgan fingerprint density at radius 1 is 1.18 bits per heavy atom. The first-order chi connectivity index (χ1) is 15.9. The van der Waals surface area contributed by atoms with Gasteiger partial charge >= 0.3 is 7.05 Å². The SMILES string of the molecule is CN(Cc1ccccc1)S(=O)(=O)CC1CCC(C2=NNB(O)c3cnc4c(c32)CCN4)CC1. The molecule has 1 aromatic heterocycles. The van der Waals surface area contributed by atoms with Gasteiger partial charge in [-0.05, 0) is 43.6 Å². The van der Waals surface area contributed by atoms with Gasteiger partial charge < -0.3 is 15.7 Å². The Kier molecular flexibility index (Phi) is 6.15. The van der Waals surface area contributed by atoms with Gasteiger partial charge in [-0.15, -0.1) is 0 Å². The first kappa shape index (κ1) is 22.4. The van der Waals surface area contributed by atoms with Gasteiger partial charge in [0.1, 0.15) is 5.82 Å². The highest BCUT2D eigenvalue weighted by Crippen LogP contribution is 2.35. The first-order valence-corrected chi connectivity index (χ1v) is 13.3. The largest absolute Gasteiger partial charge is 0.465 e. The van der Waals surface area contributed by atoms with Gasteiger partial charge in [0.05, 0.1) is 11.5 Å². The topological polar surface area (TPSA) is 107 Å². The van der Waals surface area contributed by atoms with E-state index in [1.165, 1.54) is 4.31 Å². The summed E-state index contributed by atoms with van der Waals surface area (Å²) in [7, 11) is -2.50. The Balaban J connectivity index is 1.25. The molecule has 3 N–H and O–H groups in total. The Labute approximate surface area is 195 Å². The fourth-order valence-electron chi connectivity index (χ4n) is 5.30. The minimum atomic E-state index is -3.32. The van der Waals surface area contributed by atoms with E-state index in [4.69, 9.17) is 0 Å². The monoisotopic (exact) mass is 467 g/mol. The van der Waals surface area contributed by atoms with Crippen LogP contribution in [0.5, 0.6) is 0 Å². The number of benzene rings is 1. The van der Waals surface area contributed by atoms with Gasteiger partial charge in [-0.1, -0.05) is 30.3 Å². The van der Waals surface area contributed by atoms with Gasteiger partial charge in [0.2, 0.25) is 10.0 Å². The van der Waals surface area contributed by atoms with Gasteiger partial charge in [-0.25, -0.2) is 17.7 Å². The van der Waals surface area contributed by atoms with Crippen LogP contribution in [0.25, 0.3) is 0 Å². The molecule has 33 heavy (non-hydrogen) atoms. The zero-order valence-electron chi connectivity index (χ0n) is 18.9. The molecule has 2 aromatic rings. The number of sulfonamides is 1. The van der Waals surface area contributed by atoms with Crippen molar-refractivity contribution in [2.75, 3.05) is 24.7 Å². The second-order valence-corrected chi connectivity index (χ2v) is 11.5. The van der Waals surface area contributed by atoms with Crippen LogP contribution in [0.4, 0.5) is 5.82 Å². The van der Waals surface area contributed by atoms with Gasteiger partial charge in [0.15, 0.2) is 0 Å². The molecule has 2 aliphatic heterocycles. The summed E-state index contributed by atoms with van der Waals surface area (Å²) < 4.78 is 27.4. The number of hydrazone groups is 1. The molecule has 0 unspecified atom stereocenters. The number of hydrogen-bond donors (Lipinski definition) is 3. The Morgan fingerprint density at radius 2 is 1.94 bits per heavy atom. The minimum Gasteiger partial charge on any atom is -0.428 e. The van der Waals surface area contributed by atoms with Crippen LogP contribution in [0.15, 0.2) is 41.6 Å². The van der Waals surface area contributed by atoms with Crippen molar-refractivity contribution >= 4 is 34.1 Å².